The number of ether oxygens (including phenoxy) is 1. The highest BCUT2D eigenvalue weighted by molar-refractivity contribution is 9.10. The molecule has 0 aliphatic heterocycles. The average Bonchev–Trinajstić information content (AvgIpc) is 2.43. The van der Waals surface area contributed by atoms with Crippen LogP contribution in [0.5, 0.6) is 5.75 Å². The lowest BCUT2D eigenvalue weighted by atomic mass is 10.3. The van der Waals surface area contributed by atoms with Gasteiger partial charge in [0, 0.05) is 10.2 Å². The number of benzene rings is 2. The van der Waals surface area contributed by atoms with Gasteiger partial charge in [-0.2, -0.15) is 0 Å². The van der Waals surface area contributed by atoms with Gasteiger partial charge in [0.15, 0.2) is 0 Å². The molecule has 20 heavy (non-hydrogen) atoms. The maximum atomic E-state index is 11.9. The Labute approximate surface area is 130 Å². The van der Waals surface area contributed by atoms with Crippen LogP contribution in [0, 0.1) is 0 Å². The summed E-state index contributed by atoms with van der Waals surface area (Å²) in [7, 11) is 1.55. The van der Waals surface area contributed by atoms with Gasteiger partial charge in [0.2, 0.25) is 0 Å². The van der Waals surface area contributed by atoms with E-state index in [0.717, 1.165) is 4.47 Å². The van der Waals surface area contributed by atoms with Crippen LogP contribution in [0.1, 0.15) is 0 Å². The average molecular weight is 356 g/mol. The van der Waals surface area contributed by atoms with E-state index in [2.05, 4.69) is 26.6 Å². The Morgan fingerprint density at radius 3 is 2.65 bits per heavy atom. The second-order valence-electron chi connectivity index (χ2n) is 3.91. The van der Waals surface area contributed by atoms with Gasteiger partial charge in [-0.05, 0) is 46.3 Å². The zero-order valence-corrected chi connectivity index (χ0v) is 13.0. The first-order valence-electron chi connectivity index (χ1n) is 5.76. The molecule has 0 aliphatic rings. The fraction of sp³-hybridized carbons (Fsp3) is 0.0714. The zero-order valence-electron chi connectivity index (χ0n) is 10.6. The van der Waals surface area contributed by atoms with E-state index in [-0.39, 0.29) is 6.03 Å². The fourth-order valence-corrected chi connectivity index (χ4v) is 2.03. The summed E-state index contributed by atoms with van der Waals surface area (Å²) in [6.45, 7) is 0. The number of nitrogens with one attached hydrogen (secondary N) is 2. The van der Waals surface area contributed by atoms with Crippen LogP contribution in [0.25, 0.3) is 0 Å². The molecule has 2 amide bonds. The molecule has 0 spiro atoms. The summed E-state index contributed by atoms with van der Waals surface area (Å²) in [5, 5.41) is 5.94. The Morgan fingerprint density at radius 1 is 1.20 bits per heavy atom. The quantitative estimate of drug-likeness (QED) is 0.834. The third kappa shape index (κ3) is 3.65. The van der Waals surface area contributed by atoms with Crippen molar-refractivity contribution in [2.75, 3.05) is 17.7 Å². The molecule has 0 saturated heterocycles. The fourth-order valence-electron chi connectivity index (χ4n) is 1.61. The first kappa shape index (κ1) is 14.7. The van der Waals surface area contributed by atoms with Gasteiger partial charge >= 0.3 is 6.03 Å². The van der Waals surface area contributed by atoms with E-state index in [0.29, 0.717) is 22.1 Å². The molecule has 0 radical (unpaired) electrons. The first-order valence-corrected chi connectivity index (χ1v) is 6.93. The van der Waals surface area contributed by atoms with E-state index in [1.54, 1.807) is 37.4 Å². The van der Waals surface area contributed by atoms with Crippen molar-refractivity contribution in [1.29, 1.82) is 0 Å². The number of anilines is 2. The molecule has 2 aromatic rings. The second kappa shape index (κ2) is 6.63. The summed E-state index contributed by atoms with van der Waals surface area (Å²) in [4.78, 5) is 11.9. The van der Waals surface area contributed by atoms with Crippen LogP contribution >= 0.6 is 27.5 Å². The van der Waals surface area contributed by atoms with Crippen LogP contribution < -0.4 is 15.4 Å². The molecule has 0 heterocycles. The SMILES string of the molecule is COc1ccccc1NC(=O)Nc1ccc(Br)c(Cl)c1. The third-order valence-corrected chi connectivity index (χ3v) is 3.77. The molecule has 2 aromatic carbocycles. The van der Waals surface area contributed by atoms with Crippen molar-refractivity contribution in [3.05, 3.63) is 52.0 Å². The van der Waals surface area contributed by atoms with Crippen molar-refractivity contribution in [2.24, 2.45) is 0 Å². The summed E-state index contributed by atoms with van der Waals surface area (Å²) in [5.41, 5.74) is 1.20. The molecule has 4 nitrogen and oxygen atoms in total. The summed E-state index contributed by atoms with van der Waals surface area (Å²) >= 11 is 9.26. The monoisotopic (exact) mass is 354 g/mol. The normalized spacial score (nSPS) is 9.95. The molecule has 2 N–H and O–H groups in total. The Morgan fingerprint density at radius 2 is 1.95 bits per heavy atom. The molecule has 0 unspecified atom stereocenters. The number of halogens is 2. The van der Waals surface area contributed by atoms with E-state index >= 15 is 0 Å². The predicted octanol–water partition coefficient (Wildman–Crippen LogP) is 4.76. The Bertz CT molecular complexity index is 634. The van der Waals surface area contributed by atoms with Gasteiger partial charge in [0.25, 0.3) is 0 Å². The minimum absolute atomic E-state index is 0.368. The van der Waals surface area contributed by atoms with Gasteiger partial charge in [0.05, 0.1) is 17.8 Å². The molecule has 0 atom stereocenters. The number of methoxy groups -OCH3 is 1. The van der Waals surface area contributed by atoms with E-state index in [1.165, 1.54) is 0 Å². The van der Waals surface area contributed by atoms with Gasteiger partial charge in [0.1, 0.15) is 5.75 Å². The summed E-state index contributed by atoms with van der Waals surface area (Å²) in [6, 6.07) is 12.0. The molecule has 0 bridgehead atoms. The van der Waals surface area contributed by atoms with Crippen molar-refractivity contribution in [1.82, 2.24) is 0 Å². The van der Waals surface area contributed by atoms with Crippen LogP contribution in [-0.4, -0.2) is 13.1 Å². The number of rotatable bonds is 3. The number of carbonyl (C=O) groups excluding carboxylic acids is 1. The topological polar surface area (TPSA) is 50.4 Å². The third-order valence-electron chi connectivity index (χ3n) is 2.53. The van der Waals surface area contributed by atoms with Gasteiger partial charge in [-0.3, -0.25) is 0 Å². The molecule has 0 aliphatic carbocycles. The van der Waals surface area contributed by atoms with Crippen LogP contribution in [-0.2, 0) is 0 Å². The van der Waals surface area contributed by atoms with Crippen LogP contribution in [0.2, 0.25) is 5.02 Å². The molecular weight excluding hydrogens is 344 g/mol. The summed E-state index contributed by atoms with van der Waals surface area (Å²) in [6.07, 6.45) is 0. The van der Waals surface area contributed by atoms with E-state index in [9.17, 15) is 4.79 Å². The van der Waals surface area contributed by atoms with Gasteiger partial charge in [-0.25, -0.2) is 4.79 Å². The van der Waals surface area contributed by atoms with E-state index in [1.807, 2.05) is 12.1 Å². The molecule has 2 rings (SSSR count). The molecule has 0 saturated carbocycles. The highest BCUT2D eigenvalue weighted by Gasteiger charge is 2.07. The maximum absolute atomic E-state index is 11.9. The summed E-state index contributed by atoms with van der Waals surface area (Å²) in [5.74, 6) is 0.594. The molecular formula is C14H12BrClN2O2. The van der Waals surface area contributed by atoms with Crippen molar-refractivity contribution in [3.63, 3.8) is 0 Å². The largest absolute Gasteiger partial charge is 0.495 e. The van der Waals surface area contributed by atoms with Crippen molar-refractivity contribution in [2.45, 2.75) is 0 Å². The standard InChI is InChI=1S/C14H12BrClN2O2/c1-20-13-5-3-2-4-12(13)18-14(19)17-9-6-7-10(15)11(16)8-9/h2-8H,1H3,(H2,17,18,19). The predicted molar refractivity (Wildman–Crippen MR) is 84.8 cm³/mol. The molecule has 0 aromatic heterocycles. The number of hydrogen-bond acceptors (Lipinski definition) is 2. The van der Waals surface area contributed by atoms with Gasteiger partial charge in [-0.1, -0.05) is 23.7 Å². The number of para-hydroxylation sites is 2. The smallest absolute Gasteiger partial charge is 0.323 e. The number of carbonyl (C=O) groups is 1. The Hall–Kier alpha value is -1.72. The Kier molecular flexibility index (Phi) is 4.87. The lowest BCUT2D eigenvalue weighted by Crippen LogP contribution is -2.19. The van der Waals surface area contributed by atoms with E-state index < -0.39 is 0 Å². The van der Waals surface area contributed by atoms with Crippen molar-refractivity contribution >= 4 is 44.9 Å². The van der Waals surface area contributed by atoms with Crippen LogP contribution in [0.3, 0.4) is 0 Å². The van der Waals surface area contributed by atoms with Crippen LogP contribution in [0.15, 0.2) is 46.9 Å². The first-order chi connectivity index (χ1) is 9.60. The van der Waals surface area contributed by atoms with Crippen LogP contribution in [0.4, 0.5) is 16.2 Å². The highest BCUT2D eigenvalue weighted by atomic mass is 79.9. The molecule has 104 valence electrons. The van der Waals surface area contributed by atoms with E-state index in [4.69, 9.17) is 16.3 Å². The highest BCUT2D eigenvalue weighted by Crippen LogP contribution is 2.26. The molecule has 6 heteroatoms. The minimum atomic E-state index is -0.368. The summed E-state index contributed by atoms with van der Waals surface area (Å²) < 4.78 is 5.93. The van der Waals surface area contributed by atoms with Gasteiger partial charge < -0.3 is 15.4 Å². The number of urea groups is 1. The lowest BCUT2D eigenvalue weighted by Gasteiger charge is -2.11. The number of amides is 2. The zero-order chi connectivity index (χ0) is 14.5. The van der Waals surface area contributed by atoms with Crippen molar-refractivity contribution in [3.8, 4) is 5.75 Å². The lowest BCUT2D eigenvalue weighted by molar-refractivity contribution is 0.262. The second-order valence-corrected chi connectivity index (χ2v) is 5.17. The number of hydrogen-bond donors (Lipinski definition) is 2. The van der Waals surface area contributed by atoms with Crippen molar-refractivity contribution < 1.29 is 9.53 Å². The van der Waals surface area contributed by atoms with Gasteiger partial charge in [-0.15, -0.1) is 0 Å². The minimum Gasteiger partial charge on any atom is -0.495 e. The maximum Gasteiger partial charge on any atom is 0.323 e. The molecule has 0 fully saturated rings. The Balaban J connectivity index is 2.07.